The van der Waals surface area contributed by atoms with E-state index in [1.54, 1.807) is 0 Å². The minimum atomic E-state index is -0.806. The van der Waals surface area contributed by atoms with E-state index in [0.29, 0.717) is 17.8 Å². The second-order valence-electron chi connectivity index (χ2n) is 5.97. The Morgan fingerprint density at radius 1 is 1.12 bits per heavy atom. The lowest BCUT2D eigenvalue weighted by atomic mass is 9.67. The molecule has 4 aliphatic rings. The van der Waals surface area contributed by atoms with Gasteiger partial charge in [0.2, 0.25) is 0 Å². The monoisotopic (exact) mass is 222 g/mol. The second kappa shape index (κ2) is 3.57. The minimum Gasteiger partial charge on any atom is -0.481 e. The Balaban J connectivity index is 1.89. The van der Waals surface area contributed by atoms with E-state index in [4.69, 9.17) is 5.11 Å². The van der Waals surface area contributed by atoms with Crippen molar-refractivity contribution in [3.05, 3.63) is 0 Å². The third kappa shape index (κ3) is 1.57. The topological polar surface area (TPSA) is 54.4 Å². The van der Waals surface area contributed by atoms with E-state index in [9.17, 15) is 9.59 Å². The number of rotatable bonds is 2. The number of Topliss-reactive ketones (excluding diaryl/α,β-unsaturated/α-hetero) is 1. The molecule has 3 unspecified atom stereocenters. The number of hydrogen-bond donors (Lipinski definition) is 1. The number of carbonyl (C=O) groups excluding carboxylic acids is 1. The summed E-state index contributed by atoms with van der Waals surface area (Å²) in [4.78, 5) is 23.1. The molecule has 0 aromatic rings. The second-order valence-corrected chi connectivity index (χ2v) is 5.97. The molecule has 0 radical (unpaired) electrons. The largest absolute Gasteiger partial charge is 0.481 e. The molecular weight excluding hydrogens is 204 g/mol. The first-order chi connectivity index (χ1) is 7.63. The molecule has 3 heteroatoms. The van der Waals surface area contributed by atoms with Crippen LogP contribution in [0.2, 0.25) is 0 Å². The van der Waals surface area contributed by atoms with Gasteiger partial charge < -0.3 is 5.11 Å². The van der Waals surface area contributed by atoms with E-state index >= 15 is 0 Å². The fourth-order valence-corrected chi connectivity index (χ4v) is 4.45. The Morgan fingerprint density at radius 2 is 1.75 bits per heavy atom. The van der Waals surface area contributed by atoms with Gasteiger partial charge in [0, 0.05) is 11.8 Å². The molecule has 1 N–H and O–H groups in total. The Hall–Kier alpha value is -0.860. The average molecular weight is 222 g/mol. The van der Waals surface area contributed by atoms with E-state index in [1.165, 1.54) is 6.42 Å². The maximum absolute atomic E-state index is 12.3. The highest BCUT2D eigenvalue weighted by Crippen LogP contribution is 2.52. The third-order valence-corrected chi connectivity index (χ3v) is 4.91. The maximum atomic E-state index is 12.3. The van der Waals surface area contributed by atoms with Gasteiger partial charge in [-0.25, -0.2) is 0 Å². The van der Waals surface area contributed by atoms with Crippen LogP contribution in [-0.4, -0.2) is 16.9 Å². The number of ketones is 1. The molecule has 0 spiro atoms. The highest BCUT2D eigenvalue weighted by atomic mass is 16.4. The van der Waals surface area contributed by atoms with Gasteiger partial charge in [-0.1, -0.05) is 0 Å². The molecular formula is C13H18O3. The van der Waals surface area contributed by atoms with Crippen molar-refractivity contribution in [2.24, 2.45) is 29.6 Å². The summed E-state index contributed by atoms with van der Waals surface area (Å²) in [6.45, 7) is 0. The van der Waals surface area contributed by atoms with Crippen LogP contribution in [0.1, 0.15) is 38.5 Å². The number of fused-ring (bicyclic) bond motifs is 1. The van der Waals surface area contributed by atoms with Gasteiger partial charge in [0.05, 0.1) is 6.42 Å². The lowest BCUT2D eigenvalue weighted by Gasteiger charge is -2.38. The predicted octanol–water partition coefficient (Wildman–Crippen LogP) is 2.10. The van der Waals surface area contributed by atoms with E-state index in [2.05, 4.69) is 0 Å². The minimum absolute atomic E-state index is 0.0689. The number of hydrogen-bond acceptors (Lipinski definition) is 2. The summed E-state index contributed by atoms with van der Waals surface area (Å²) in [5, 5.41) is 8.92. The van der Waals surface area contributed by atoms with Gasteiger partial charge in [-0.3, -0.25) is 9.59 Å². The summed E-state index contributed by atoms with van der Waals surface area (Å²) in [7, 11) is 0. The molecule has 4 saturated carbocycles. The molecule has 0 amide bonds. The SMILES string of the molecule is O=C(O)CC1C(=O)C2CC3CC(C2)CC1C3. The first-order valence-electron chi connectivity index (χ1n) is 6.39. The molecule has 3 nitrogen and oxygen atoms in total. The van der Waals surface area contributed by atoms with Crippen LogP contribution in [-0.2, 0) is 9.59 Å². The summed E-state index contributed by atoms with van der Waals surface area (Å²) in [6, 6.07) is 0. The third-order valence-electron chi connectivity index (χ3n) is 4.91. The molecule has 88 valence electrons. The lowest BCUT2D eigenvalue weighted by Crippen LogP contribution is -2.28. The Bertz CT molecular complexity index is 322. The number of carboxylic acids is 1. The summed E-state index contributed by atoms with van der Waals surface area (Å²) in [6.07, 6.45) is 5.66. The van der Waals surface area contributed by atoms with Crippen molar-refractivity contribution < 1.29 is 14.7 Å². The number of carbonyl (C=O) groups is 2. The van der Waals surface area contributed by atoms with E-state index < -0.39 is 5.97 Å². The summed E-state index contributed by atoms with van der Waals surface area (Å²) >= 11 is 0. The normalized spacial score (nSPS) is 45.8. The van der Waals surface area contributed by atoms with Crippen LogP contribution in [0.5, 0.6) is 0 Å². The molecule has 0 aromatic heterocycles. The van der Waals surface area contributed by atoms with Crippen molar-refractivity contribution in [1.82, 2.24) is 0 Å². The molecule has 4 aliphatic carbocycles. The zero-order valence-electron chi connectivity index (χ0n) is 9.39. The Morgan fingerprint density at radius 3 is 2.31 bits per heavy atom. The highest BCUT2D eigenvalue weighted by Gasteiger charge is 2.48. The number of aliphatic carboxylic acids is 1. The quantitative estimate of drug-likeness (QED) is 0.778. The van der Waals surface area contributed by atoms with Gasteiger partial charge in [-0.15, -0.1) is 0 Å². The van der Waals surface area contributed by atoms with Gasteiger partial charge >= 0.3 is 5.97 Å². The van der Waals surface area contributed by atoms with Crippen LogP contribution >= 0.6 is 0 Å². The average Bonchev–Trinajstić information content (AvgIpc) is 2.34. The van der Waals surface area contributed by atoms with E-state index in [-0.39, 0.29) is 24.0 Å². The van der Waals surface area contributed by atoms with Gasteiger partial charge in [-0.05, 0) is 49.9 Å². The maximum Gasteiger partial charge on any atom is 0.304 e. The first-order valence-corrected chi connectivity index (χ1v) is 6.39. The smallest absolute Gasteiger partial charge is 0.304 e. The van der Waals surface area contributed by atoms with Crippen molar-refractivity contribution in [3.8, 4) is 0 Å². The summed E-state index contributed by atoms with van der Waals surface area (Å²) in [5.74, 6) is 1.30. The molecule has 16 heavy (non-hydrogen) atoms. The van der Waals surface area contributed by atoms with Gasteiger partial charge in [-0.2, -0.15) is 0 Å². The molecule has 4 rings (SSSR count). The predicted molar refractivity (Wildman–Crippen MR) is 57.8 cm³/mol. The molecule has 3 atom stereocenters. The molecule has 0 aliphatic heterocycles. The molecule has 0 saturated heterocycles. The standard InChI is InChI=1S/C13H18O3/c14-12(15)6-11-9-2-7-1-8(3-9)5-10(4-7)13(11)16/h7-11H,1-6H2,(H,14,15). The van der Waals surface area contributed by atoms with Gasteiger partial charge in [0.1, 0.15) is 5.78 Å². The van der Waals surface area contributed by atoms with Crippen LogP contribution in [0.25, 0.3) is 0 Å². The van der Waals surface area contributed by atoms with Crippen LogP contribution in [0, 0.1) is 29.6 Å². The Labute approximate surface area is 95.2 Å². The molecule has 4 bridgehead atoms. The molecule has 0 aromatic carbocycles. The Kier molecular flexibility index (Phi) is 2.30. The van der Waals surface area contributed by atoms with Crippen molar-refractivity contribution in [2.45, 2.75) is 38.5 Å². The number of carboxylic acid groups (broad SMARTS) is 1. The van der Waals surface area contributed by atoms with Crippen molar-refractivity contribution >= 4 is 11.8 Å². The van der Waals surface area contributed by atoms with Crippen LogP contribution in [0.3, 0.4) is 0 Å². The molecule has 4 fully saturated rings. The highest BCUT2D eigenvalue weighted by molar-refractivity contribution is 5.87. The van der Waals surface area contributed by atoms with Gasteiger partial charge in [0.15, 0.2) is 0 Å². The van der Waals surface area contributed by atoms with Crippen LogP contribution in [0.15, 0.2) is 0 Å². The first kappa shape index (κ1) is 10.3. The zero-order chi connectivity index (χ0) is 11.3. The van der Waals surface area contributed by atoms with Crippen molar-refractivity contribution in [2.75, 3.05) is 0 Å². The van der Waals surface area contributed by atoms with Crippen LogP contribution in [0.4, 0.5) is 0 Å². The summed E-state index contributed by atoms with van der Waals surface area (Å²) < 4.78 is 0. The zero-order valence-corrected chi connectivity index (χ0v) is 9.39. The van der Waals surface area contributed by atoms with E-state index in [1.807, 2.05) is 0 Å². The van der Waals surface area contributed by atoms with E-state index in [0.717, 1.165) is 25.7 Å². The molecule has 0 heterocycles. The fraction of sp³-hybridized carbons (Fsp3) is 0.846. The summed E-state index contributed by atoms with van der Waals surface area (Å²) in [5.41, 5.74) is 0. The van der Waals surface area contributed by atoms with Gasteiger partial charge in [0.25, 0.3) is 0 Å². The van der Waals surface area contributed by atoms with Crippen LogP contribution < -0.4 is 0 Å². The van der Waals surface area contributed by atoms with Crippen molar-refractivity contribution in [1.29, 1.82) is 0 Å². The fourth-order valence-electron chi connectivity index (χ4n) is 4.45. The van der Waals surface area contributed by atoms with Crippen molar-refractivity contribution in [3.63, 3.8) is 0 Å². The lowest BCUT2D eigenvalue weighted by molar-refractivity contribution is -0.142.